The van der Waals surface area contributed by atoms with Crippen molar-refractivity contribution in [1.29, 1.82) is 0 Å². The molecule has 3 nitrogen and oxygen atoms in total. The molecule has 0 aliphatic rings. The van der Waals surface area contributed by atoms with Crippen LogP contribution >= 0.6 is 27.3 Å². The molecular formula is C12H16BrN3S. The Morgan fingerprint density at radius 2 is 2.24 bits per heavy atom. The minimum Gasteiger partial charge on any atom is -0.341 e. The second-order valence-electron chi connectivity index (χ2n) is 4.89. The fourth-order valence-electron chi connectivity index (χ4n) is 1.56. The maximum absolute atomic E-state index is 5.73. The Morgan fingerprint density at radius 3 is 2.82 bits per heavy atom. The summed E-state index contributed by atoms with van der Waals surface area (Å²) in [5.74, 6) is 1.000. The van der Waals surface area contributed by atoms with Gasteiger partial charge in [-0.1, -0.05) is 13.8 Å². The lowest BCUT2D eigenvalue weighted by molar-refractivity contribution is 0.369. The van der Waals surface area contributed by atoms with E-state index in [9.17, 15) is 0 Å². The third kappa shape index (κ3) is 3.18. The van der Waals surface area contributed by atoms with E-state index in [-0.39, 0.29) is 5.41 Å². The van der Waals surface area contributed by atoms with E-state index in [2.05, 4.69) is 45.8 Å². The zero-order chi connectivity index (χ0) is 12.5. The molecule has 0 aromatic carbocycles. The molecule has 0 fully saturated rings. The lowest BCUT2D eigenvalue weighted by atomic mass is 9.89. The number of halogens is 1. The van der Waals surface area contributed by atoms with Gasteiger partial charge >= 0.3 is 0 Å². The Morgan fingerprint density at radius 1 is 1.47 bits per heavy atom. The van der Waals surface area contributed by atoms with Gasteiger partial charge in [0.15, 0.2) is 0 Å². The van der Waals surface area contributed by atoms with Crippen molar-refractivity contribution in [2.75, 3.05) is 6.54 Å². The van der Waals surface area contributed by atoms with Crippen LogP contribution in [0.1, 0.15) is 19.7 Å². The van der Waals surface area contributed by atoms with Gasteiger partial charge in [0, 0.05) is 6.42 Å². The molecule has 0 atom stereocenters. The van der Waals surface area contributed by atoms with Crippen LogP contribution in [-0.4, -0.2) is 16.5 Å². The number of nitrogens with one attached hydrogen (secondary N) is 1. The zero-order valence-corrected chi connectivity index (χ0v) is 12.4. The molecule has 0 saturated carbocycles. The molecule has 0 amide bonds. The van der Waals surface area contributed by atoms with E-state index in [4.69, 9.17) is 5.73 Å². The molecule has 0 aliphatic heterocycles. The lowest BCUT2D eigenvalue weighted by Crippen LogP contribution is -2.26. The first-order valence-electron chi connectivity index (χ1n) is 5.50. The van der Waals surface area contributed by atoms with Gasteiger partial charge in [-0.05, 0) is 40.0 Å². The van der Waals surface area contributed by atoms with Crippen LogP contribution in [0.4, 0.5) is 0 Å². The summed E-state index contributed by atoms with van der Waals surface area (Å²) in [6.07, 6.45) is 2.76. The molecular weight excluding hydrogens is 298 g/mol. The number of thiophene rings is 1. The van der Waals surface area contributed by atoms with Crippen molar-refractivity contribution in [2.24, 2.45) is 11.1 Å². The summed E-state index contributed by atoms with van der Waals surface area (Å²) in [7, 11) is 0. The molecule has 0 spiro atoms. The van der Waals surface area contributed by atoms with E-state index in [0.717, 1.165) is 21.7 Å². The van der Waals surface area contributed by atoms with Crippen LogP contribution in [0.3, 0.4) is 0 Å². The highest BCUT2D eigenvalue weighted by molar-refractivity contribution is 9.11. The van der Waals surface area contributed by atoms with Crippen molar-refractivity contribution < 1.29 is 0 Å². The molecule has 0 saturated heterocycles. The third-order valence-electron chi connectivity index (χ3n) is 2.67. The van der Waals surface area contributed by atoms with Gasteiger partial charge in [0.05, 0.1) is 20.6 Å². The molecule has 2 aromatic rings. The van der Waals surface area contributed by atoms with Crippen LogP contribution in [0.15, 0.2) is 22.1 Å². The van der Waals surface area contributed by atoms with E-state index in [1.54, 1.807) is 11.3 Å². The monoisotopic (exact) mass is 313 g/mol. The van der Waals surface area contributed by atoms with Crippen LogP contribution < -0.4 is 5.73 Å². The molecule has 0 bridgehead atoms. The number of nitrogens with two attached hydrogens (primary N) is 1. The van der Waals surface area contributed by atoms with Gasteiger partial charge in [-0.2, -0.15) is 0 Å². The van der Waals surface area contributed by atoms with Crippen molar-refractivity contribution in [3.63, 3.8) is 0 Å². The van der Waals surface area contributed by atoms with E-state index in [1.165, 1.54) is 4.88 Å². The van der Waals surface area contributed by atoms with Crippen molar-refractivity contribution in [2.45, 2.75) is 20.3 Å². The highest BCUT2D eigenvalue weighted by Crippen LogP contribution is 2.30. The van der Waals surface area contributed by atoms with Crippen molar-refractivity contribution >= 4 is 27.3 Å². The Hall–Kier alpha value is -0.650. The molecule has 0 aliphatic carbocycles. The molecule has 5 heteroatoms. The summed E-state index contributed by atoms with van der Waals surface area (Å²) < 4.78 is 1.13. The normalized spacial score (nSPS) is 12.0. The summed E-state index contributed by atoms with van der Waals surface area (Å²) >= 11 is 5.16. The molecule has 2 heterocycles. The third-order valence-corrected chi connectivity index (χ3v) is 4.32. The molecule has 92 valence electrons. The van der Waals surface area contributed by atoms with Gasteiger partial charge in [-0.25, -0.2) is 4.98 Å². The average molecular weight is 314 g/mol. The maximum Gasteiger partial charge on any atom is 0.107 e. The average Bonchev–Trinajstić information content (AvgIpc) is 2.86. The molecule has 2 rings (SSSR count). The second kappa shape index (κ2) is 4.92. The van der Waals surface area contributed by atoms with Gasteiger partial charge in [-0.3, -0.25) is 0 Å². The zero-order valence-electron chi connectivity index (χ0n) is 9.96. The number of H-pyrrole nitrogens is 1. The molecule has 17 heavy (non-hydrogen) atoms. The highest BCUT2D eigenvalue weighted by Gasteiger charge is 2.18. The number of nitrogens with zero attached hydrogens (tertiary/aromatic N) is 1. The van der Waals surface area contributed by atoms with Crippen LogP contribution in [0.25, 0.3) is 10.6 Å². The Labute approximate surface area is 114 Å². The fourth-order valence-corrected chi connectivity index (χ4v) is 2.91. The predicted octanol–water partition coefficient (Wildman–Crippen LogP) is 3.43. The van der Waals surface area contributed by atoms with E-state index in [0.29, 0.717) is 6.54 Å². The first-order chi connectivity index (χ1) is 8.00. The van der Waals surface area contributed by atoms with Crippen LogP contribution in [-0.2, 0) is 6.42 Å². The highest BCUT2D eigenvalue weighted by atomic mass is 79.9. The smallest absolute Gasteiger partial charge is 0.107 e. The number of hydrogen-bond acceptors (Lipinski definition) is 3. The summed E-state index contributed by atoms with van der Waals surface area (Å²) in [5, 5.41) is 0. The summed E-state index contributed by atoms with van der Waals surface area (Å²) in [6, 6.07) is 4.13. The fraction of sp³-hybridized carbons (Fsp3) is 0.417. The quantitative estimate of drug-likeness (QED) is 0.908. The number of rotatable bonds is 4. The Bertz CT molecular complexity index is 501. The van der Waals surface area contributed by atoms with Gasteiger partial charge in [0.2, 0.25) is 0 Å². The van der Waals surface area contributed by atoms with E-state index < -0.39 is 0 Å². The van der Waals surface area contributed by atoms with Crippen LogP contribution in [0.2, 0.25) is 0 Å². The number of aromatic amines is 1. The second-order valence-corrected chi connectivity index (χ2v) is 7.36. The summed E-state index contributed by atoms with van der Waals surface area (Å²) in [5.41, 5.74) is 6.89. The van der Waals surface area contributed by atoms with Gasteiger partial charge in [0.25, 0.3) is 0 Å². The standard InChI is InChI=1S/C12H16BrN3S/c1-12(2,7-14)5-11-15-6-8(16-11)9-3-4-10(13)17-9/h3-4,6H,5,7,14H2,1-2H3,(H,15,16). The van der Waals surface area contributed by atoms with Crippen molar-refractivity contribution in [1.82, 2.24) is 9.97 Å². The van der Waals surface area contributed by atoms with Crippen molar-refractivity contribution in [3.8, 4) is 10.6 Å². The topological polar surface area (TPSA) is 54.7 Å². The van der Waals surface area contributed by atoms with Gasteiger partial charge < -0.3 is 10.7 Å². The van der Waals surface area contributed by atoms with E-state index in [1.807, 2.05) is 12.3 Å². The van der Waals surface area contributed by atoms with Crippen LogP contribution in [0.5, 0.6) is 0 Å². The summed E-state index contributed by atoms with van der Waals surface area (Å²) in [4.78, 5) is 8.97. The van der Waals surface area contributed by atoms with E-state index >= 15 is 0 Å². The number of imidazole rings is 1. The number of hydrogen-bond donors (Lipinski definition) is 2. The predicted molar refractivity (Wildman–Crippen MR) is 76.1 cm³/mol. The summed E-state index contributed by atoms with van der Waals surface area (Å²) in [6.45, 7) is 4.96. The number of aromatic nitrogens is 2. The minimum absolute atomic E-state index is 0.0884. The molecule has 2 aromatic heterocycles. The largest absolute Gasteiger partial charge is 0.341 e. The Kier molecular flexibility index (Phi) is 3.70. The first kappa shape index (κ1) is 12.8. The molecule has 3 N–H and O–H groups in total. The SMILES string of the molecule is CC(C)(CN)Cc1ncc(-c2ccc(Br)s2)[nH]1. The van der Waals surface area contributed by atoms with Gasteiger partial charge in [-0.15, -0.1) is 11.3 Å². The Balaban J connectivity index is 2.16. The molecule has 0 unspecified atom stereocenters. The molecule has 0 radical (unpaired) electrons. The minimum atomic E-state index is 0.0884. The van der Waals surface area contributed by atoms with Gasteiger partial charge in [0.1, 0.15) is 5.82 Å². The first-order valence-corrected chi connectivity index (χ1v) is 7.11. The van der Waals surface area contributed by atoms with Crippen LogP contribution in [0, 0.1) is 5.41 Å². The maximum atomic E-state index is 5.73. The lowest BCUT2D eigenvalue weighted by Gasteiger charge is -2.20. The van der Waals surface area contributed by atoms with Crippen molar-refractivity contribution in [3.05, 3.63) is 27.9 Å².